The van der Waals surface area contributed by atoms with Crippen LogP contribution in [0.25, 0.3) is 21.9 Å². The summed E-state index contributed by atoms with van der Waals surface area (Å²) in [4.78, 5) is 0. The molecule has 0 atom stereocenters. The topological polar surface area (TPSA) is 44.5 Å². The van der Waals surface area contributed by atoms with Crippen LogP contribution in [0.1, 0.15) is 5.56 Å². The highest BCUT2D eigenvalue weighted by molar-refractivity contribution is 5.87. The number of fused-ring (bicyclic) bond motifs is 1. The molecule has 146 valence electrons. The Bertz CT molecular complexity index is 1060. The lowest BCUT2D eigenvalue weighted by Crippen LogP contribution is -2.11. The highest BCUT2D eigenvalue weighted by Crippen LogP contribution is 2.28. The van der Waals surface area contributed by atoms with Crippen LogP contribution in [0.3, 0.4) is 0 Å². The normalized spacial score (nSPS) is 10.8. The molecule has 3 heteroatoms. The van der Waals surface area contributed by atoms with E-state index in [1.165, 1.54) is 21.9 Å². The summed E-state index contributed by atoms with van der Waals surface area (Å²) in [5.74, 6) is 1.73. The summed E-state index contributed by atoms with van der Waals surface area (Å²) in [6.07, 6.45) is 0.790. The number of rotatable bonds is 8. The van der Waals surface area contributed by atoms with E-state index in [1.807, 2.05) is 48.5 Å². The molecule has 4 aromatic carbocycles. The average molecular weight is 383 g/mol. The molecular formula is C26H25NO2. The van der Waals surface area contributed by atoms with Crippen molar-refractivity contribution in [2.75, 3.05) is 19.8 Å². The number of nitrogens with two attached hydrogens (primary N) is 1. The molecule has 3 nitrogen and oxygen atoms in total. The van der Waals surface area contributed by atoms with Crippen LogP contribution in [0.5, 0.6) is 11.5 Å². The largest absolute Gasteiger partial charge is 0.490 e. The Morgan fingerprint density at radius 1 is 0.621 bits per heavy atom. The van der Waals surface area contributed by atoms with Crippen molar-refractivity contribution in [3.63, 3.8) is 0 Å². The van der Waals surface area contributed by atoms with E-state index in [0.717, 1.165) is 23.5 Å². The van der Waals surface area contributed by atoms with Gasteiger partial charge in [-0.25, -0.2) is 0 Å². The van der Waals surface area contributed by atoms with E-state index in [1.54, 1.807) is 0 Å². The van der Waals surface area contributed by atoms with Crippen LogP contribution in [0, 0.1) is 0 Å². The van der Waals surface area contributed by atoms with E-state index in [2.05, 4.69) is 42.5 Å². The van der Waals surface area contributed by atoms with E-state index in [4.69, 9.17) is 15.2 Å². The van der Waals surface area contributed by atoms with Crippen LogP contribution >= 0.6 is 0 Å². The fraction of sp³-hybridized carbons (Fsp3) is 0.154. The van der Waals surface area contributed by atoms with Crippen molar-refractivity contribution in [2.24, 2.45) is 5.73 Å². The SMILES string of the molecule is NCCc1c(OCCOc2ccc(-c3ccccc3)cc2)ccc2ccccc12. The highest BCUT2D eigenvalue weighted by Gasteiger charge is 2.08. The highest BCUT2D eigenvalue weighted by atomic mass is 16.5. The molecule has 0 bridgehead atoms. The van der Waals surface area contributed by atoms with Gasteiger partial charge in [0.15, 0.2) is 0 Å². The van der Waals surface area contributed by atoms with Crippen LogP contribution in [-0.2, 0) is 6.42 Å². The first-order valence-electron chi connectivity index (χ1n) is 9.97. The Kier molecular flexibility index (Phi) is 6.08. The summed E-state index contributed by atoms with van der Waals surface area (Å²) >= 11 is 0. The van der Waals surface area contributed by atoms with E-state index < -0.39 is 0 Å². The Balaban J connectivity index is 1.36. The Labute approximate surface area is 171 Å². The van der Waals surface area contributed by atoms with Gasteiger partial charge in [0.25, 0.3) is 0 Å². The molecule has 0 fully saturated rings. The Hall–Kier alpha value is -3.30. The molecule has 0 radical (unpaired) electrons. The first-order valence-corrected chi connectivity index (χ1v) is 9.97. The molecule has 0 aliphatic rings. The number of ether oxygens (including phenoxy) is 2. The summed E-state index contributed by atoms with van der Waals surface area (Å²) in [6, 6.07) is 30.9. The smallest absolute Gasteiger partial charge is 0.123 e. The third kappa shape index (κ3) is 4.58. The zero-order valence-electron chi connectivity index (χ0n) is 16.4. The first-order chi connectivity index (χ1) is 14.3. The second-order valence-corrected chi connectivity index (χ2v) is 6.89. The summed E-state index contributed by atoms with van der Waals surface area (Å²) in [7, 11) is 0. The van der Waals surface area contributed by atoms with Gasteiger partial charge < -0.3 is 15.2 Å². The first kappa shape index (κ1) is 19.0. The van der Waals surface area contributed by atoms with Gasteiger partial charge >= 0.3 is 0 Å². The minimum atomic E-state index is 0.482. The second-order valence-electron chi connectivity index (χ2n) is 6.89. The lowest BCUT2D eigenvalue weighted by Gasteiger charge is -2.14. The zero-order valence-corrected chi connectivity index (χ0v) is 16.4. The third-order valence-electron chi connectivity index (χ3n) is 4.96. The van der Waals surface area contributed by atoms with Crippen LogP contribution < -0.4 is 15.2 Å². The molecule has 2 N–H and O–H groups in total. The van der Waals surface area contributed by atoms with Crippen molar-refractivity contribution < 1.29 is 9.47 Å². The van der Waals surface area contributed by atoms with Crippen molar-refractivity contribution in [1.82, 2.24) is 0 Å². The van der Waals surface area contributed by atoms with E-state index >= 15 is 0 Å². The van der Waals surface area contributed by atoms with Crippen LogP contribution in [-0.4, -0.2) is 19.8 Å². The van der Waals surface area contributed by atoms with Crippen molar-refractivity contribution in [2.45, 2.75) is 6.42 Å². The number of hydrogen-bond acceptors (Lipinski definition) is 3. The molecular weight excluding hydrogens is 358 g/mol. The summed E-state index contributed by atoms with van der Waals surface area (Å²) in [5.41, 5.74) is 9.37. The molecule has 0 aromatic heterocycles. The van der Waals surface area contributed by atoms with Gasteiger partial charge in [-0.3, -0.25) is 0 Å². The number of hydrogen-bond donors (Lipinski definition) is 1. The molecule has 0 aliphatic heterocycles. The predicted molar refractivity (Wildman–Crippen MR) is 120 cm³/mol. The van der Waals surface area contributed by atoms with Gasteiger partial charge in [0, 0.05) is 5.56 Å². The Morgan fingerprint density at radius 2 is 1.31 bits per heavy atom. The van der Waals surface area contributed by atoms with E-state index in [0.29, 0.717) is 19.8 Å². The lowest BCUT2D eigenvalue weighted by molar-refractivity contribution is 0.216. The van der Waals surface area contributed by atoms with Crippen molar-refractivity contribution >= 4 is 10.8 Å². The molecule has 29 heavy (non-hydrogen) atoms. The molecule has 0 unspecified atom stereocenters. The standard InChI is InChI=1S/C26H25NO2/c27-17-16-25-24-9-5-4-8-22(24)12-15-26(25)29-19-18-28-23-13-10-21(11-14-23)20-6-2-1-3-7-20/h1-15H,16-19,27H2. The van der Waals surface area contributed by atoms with Gasteiger partial charge in [-0.2, -0.15) is 0 Å². The summed E-state index contributed by atoms with van der Waals surface area (Å²) in [5, 5.41) is 2.41. The maximum atomic E-state index is 6.03. The van der Waals surface area contributed by atoms with E-state index in [-0.39, 0.29) is 0 Å². The average Bonchev–Trinajstić information content (AvgIpc) is 2.79. The maximum absolute atomic E-state index is 6.03. The molecule has 0 saturated heterocycles. The van der Waals surface area contributed by atoms with Crippen LogP contribution in [0.2, 0.25) is 0 Å². The van der Waals surface area contributed by atoms with Crippen molar-refractivity contribution in [3.05, 3.63) is 96.6 Å². The molecule has 0 amide bonds. The van der Waals surface area contributed by atoms with Gasteiger partial charge in [-0.15, -0.1) is 0 Å². The van der Waals surface area contributed by atoms with Gasteiger partial charge in [0.05, 0.1) is 0 Å². The molecule has 0 aliphatic carbocycles. The zero-order chi connectivity index (χ0) is 19.9. The number of benzene rings is 4. The molecule has 4 rings (SSSR count). The quantitative estimate of drug-likeness (QED) is 0.411. The molecule has 0 heterocycles. The fourth-order valence-electron chi connectivity index (χ4n) is 3.54. The van der Waals surface area contributed by atoms with Crippen molar-refractivity contribution in [1.29, 1.82) is 0 Å². The molecule has 0 saturated carbocycles. The minimum absolute atomic E-state index is 0.482. The molecule has 4 aromatic rings. The van der Waals surface area contributed by atoms with Gasteiger partial charge in [0.1, 0.15) is 24.7 Å². The lowest BCUT2D eigenvalue weighted by atomic mass is 10.0. The minimum Gasteiger partial charge on any atom is -0.490 e. The second kappa shape index (κ2) is 9.26. The van der Waals surface area contributed by atoms with Gasteiger partial charge in [-0.1, -0.05) is 72.8 Å². The van der Waals surface area contributed by atoms with Crippen LogP contribution in [0.4, 0.5) is 0 Å². The predicted octanol–water partition coefficient (Wildman–Crippen LogP) is 5.47. The Morgan fingerprint density at radius 3 is 2.10 bits per heavy atom. The van der Waals surface area contributed by atoms with Crippen molar-refractivity contribution in [3.8, 4) is 22.6 Å². The van der Waals surface area contributed by atoms with Crippen LogP contribution in [0.15, 0.2) is 91.0 Å². The van der Waals surface area contributed by atoms with E-state index in [9.17, 15) is 0 Å². The van der Waals surface area contributed by atoms with Gasteiger partial charge in [0.2, 0.25) is 0 Å². The molecule has 0 spiro atoms. The third-order valence-corrected chi connectivity index (χ3v) is 4.96. The van der Waals surface area contributed by atoms with Gasteiger partial charge in [-0.05, 0) is 53.1 Å². The maximum Gasteiger partial charge on any atom is 0.123 e. The summed E-state index contributed by atoms with van der Waals surface area (Å²) < 4.78 is 11.9. The monoisotopic (exact) mass is 383 g/mol. The summed E-state index contributed by atoms with van der Waals surface area (Å²) in [6.45, 7) is 1.56. The fourth-order valence-corrected chi connectivity index (χ4v) is 3.54.